The minimum absolute atomic E-state index is 0.0674. The van der Waals surface area contributed by atoms with E-state index in [2.05, 4.69) is 20.2 Å². The molecule has 0 atom stereocenters. The summed E-state index contributed by atoms with van der Waals surface area (Å²) in [6.07, 6.45) is 7.69. The Balaban J connectivity index is 1.60. The molecule has 10 nitrogen and oxygen atoms in total. The van der Waals surface area contributed by atoms with Crippen LogP contribution in [0.2, 0.25) is 0 Å². The molecule has 0 saturated heterocycles. The predicted molar refractivity (Wildman–Crippen MR) is 123 cm³/mol. The summed E-state index contributed by atoms with van der Waals surface area (Å²) in [6, 6.07) is 0. The third-order valence-corrected chi connectivity index (χ3v) is 6.53. The zero-order chi connectivity index (χ0) is 22.1. The van der Waals surface area contributed by atoms with E-state index in [0.29, 0.717) is 65.0 Å². The number of thioether (sulfide) groups is 2. The summed E-state index contributed by atoms with van der Waals surface area (Å²) >= 11 is 2.89. The van der Waals surface area contributed by atoms with Crippen LogP contribution in [-0.4, -0.2) is 51.2 Å². The van der Waals surface area contributed by atoms with E-state index in [1.807, 2.05) is 26.4 Å². The Morgan fingerprint density at radius 3 is 1.55 bits per heavy atom. The molecule has 0 aliphatic rings. The molecule has 0 bridgehead atoms. The summed E-state index contributed by atoms with van der Waals surface area (Å²) in [7, 11) is 0. The number of nitrogens with zero attached hydrogens (tertiary/aromatic N) is 8. The van der Waals surface area contributed by atoms with Crippen LogP contribution in [0.5, 0.6) is 0 Å². The fourth-order valence-corrected chi connectivity index (χ4v) is 4.85. The average Bonchev–Trinajstić information content (AvgIpc) is 3.38. The molecule has 0 spiro atoms. The van der Waals surface area contributed by atoms with Crippen molar-refractivity contribution in [2.45, 2.75) is 56.8 Å². The molecule has 0 amide bonds. The van der Waals surface area contributed by atoms with Crippen LogP contribution >= 0.6 is 23.5 Å². The largest absolute Gasteiger partial charge is 0.287 e. The first kappa shape index (κ1) is 21.6. The van der Waals surface area contributed by atoms with Gasteiger partial charge in [0.25, 0.3) is 11.1 Å². The normalized spacial score (nSPS) is 11.7. The Bertz CT molecular complexity index is 1260. The Hall–Kier alpha value is -2.60. The van der Waals surface area contributed by atoms with Crippen LogP contribution in [0.3, 0.4) is 0 Å². The van der Waals surface area contributed by atoms with Gasteiger partial charge in [0.15, 0.2) is 21.6 Å². The molecule has 0 aromatic carbocycles. The molecule has 0 fully saturated rings. The lowest BCUT2D eigenvalue weighted by atomic mass is 10.4. The van der Waals surface area contributed by atoms with Gasteiger partial charge in [0, 0.05) is 26.2 Å². The van der Waals surface area contributed by atoms with Gasteiger partial charge in [-0.3, -0.25) is 18.7 Å². The summed E-state index contributed by atoms with van der Waals surface area (Å²) in [5, 5.41) is 11.2. The van der Waals surface area contributed by atoms with Crippen LogP contribution in [0.4, 0.5) is 0 Å². The van der Waals surface area contributed by atoms with Gasteiger partial charge >= 0.3 is 0 Å². The fourth-order valence-electron chi connectivity index (χ4n) is 3.63. The van der Waals surface area contributed by atoms with E-state index in [-0.39, 0.29) is 11.1 Å². The zero-order valence-corrected chi connectivity index (χ0v) is 19.5. The second kappa shape index (κ2) is 8.87. The van der Waals surface area contributed by atoms with Crippen molar-refractivity contribution in [2.24, 2.45) is 0 Å². The van der Waals surface area contributed by atoms with Gasteiger partial charge in [-0.15, -0.1) is 0 Å². The third-order valence-electron chi connectivity index (χ3n) is 5.18. The molecule has 0 saturated carbocycles. The van der Waals surface area contributed by atoms with Gasteiger partial charge in [0.1, 0.15) is 10.8 Å². The van der Waals surface area contributed by atoms with Crippen molar-refractivity contribution in [3.8, 4) is 0 Å². The van der Waals surface area contributed by atoms with Crippen LogP contribution in [0, 0.1) is 0 Å². The fraction of sp³-hybridized carbons (Fsp3) is 0.474. The molecule has 12 heteroatoms. The van der Waals surface area contributed by atoms with E-state index in [9.17, 15) is 9.59 Å². The minimum atomic E-state index is -0.0674. The van der Waals surface area contributed by atoms with Crippen molar-refractivity contribution in [3.05, 3.63) is 33.1 Å². The van der Waals surface area contributed by atoms with Gasteiger partial charge in [-0.2, -0.15) is 10.2 Å². The second-order valence-corrected chi connectivity index (χ2v) is 8.41. The summed E-state index contributed by atoms with van der Waals surface area (Å²) in [4.78, 5) is 34.7. The van der Waals surface area contributed by atoms with Crippen LogP contribution in [0.25, 0.3) is 22.1 Å². The van der Waals surface area contributed by atoms with E-state index in [0.717, 1.165) is 0 Å². The van der Waals surface area contributed by atoms with Crippen molar-refractivity contribution >= 4 is 45.6 Å². The number of rotatable bonds is 8. The first-order valence-corrected chi connectivity index (χ1v) is 12.5. The summed E-state index contributed by atoms with van der Waals surface area (Å²) < 4.78 is 6.83. The van der Waals surface area contributed by atoms with Crippen LogP contribution in [0.15, 0.2) is 32.3 Å². The van der Waals surface area contributed by atoms with E-state index in [1.54, 1.807) is 30.9 Å². The van der Waals surface area contributed by atoms with E-state index < -0.39 is 0 Å². The van der Waals surface area contributed by atoms with Gasteiger partial charge in [0.05, 0.1) is 12.4 Å². The van der Waals surface area contributed by atoms with Crippen molar-refractivity contribution in [1.82, 2.24) is 38.7 Å². The predicted octanol–water partition coefficient (Wildman–Crippen LogP) is 2.07. The monoisotopic (exact) mass is 460 g/mol. The second-order valence-electron chi connectivity index (χ2n) is 6.86. The zero-order valence-electron chi connectivity index (χ0n) is 17.9. The molecular weight excluding hydrogens is 436 g/mol. The molecule has 0 aliphatic heterocycles. The first-order chi connectivity index (χ1) is 15.0. The van der Waals surface area contributed by atoms with Gasteiger partial charge in [-0.1, -0.05) is 23.5 Å². The number of hydrogen-bond donors (Lipinski definition) is 0. The lowest BCUT2D eigenvalue weighted by Gasteiger charge is -2.10. The molecule has 164 valence electrons. The molecule has 31 heavy (non-hydrogen) atoms. The highest BCUT2D eigenvalue weighted by Gasteiger charge is 2.16. The van der Waals surface area contributed by atoms with E-state index in [4.69, 9.17) is 0 Å². The maximum absolute atomic E-state index is 12.7. The van der Waals surface area contributed by atoms with Crippen LogP contribution in [0.1, 0.15) is 20.3 Å². The molecule has 0 aliphatic carbocycles. The standard InChI is InChI=1S/C19H24N8O2S2/c1-5-24-16(28)12-10-20-26(14(12)22-18(24)30-3)8-7-9-27-15-13(11-21-27)17(29)25(6-2)19(23-15)31-4/h10-11H,5-9H2,1-4H3. The van der Waals surface area contributed by atoms with Crippen molar-refractivity contribution in [3.63, 3.8) is 0 Å². The van der Waals surface area contributed by atoms with Crippen LogP contribution in [-0.2, 0) is 26.2 Å². The molecule has 0 N–H and O–H groups in total. The molecule has 0 unspecified atom stereocenters. The topological polar surface area (TPSA) is 105 Å². The lowest BCUT2D eigenvalue weighted by Crippen LogP contribution is -2.22. The van der Waals surface area contributed by atoms with Crippen molar-refractivity contribution in [1.29, 1.82) is 0 Å². The minimum Gasteiger partial charge on any atom is -0.287 e. The SMILES string of the molecule is CCn1c(SC)nc2c(cnn2CCCn2ncc3c(=O)n(CC)c(SC)nc32)c1=O. The highest BCUT2D eigenvalue weighted by Crippen LogP contribution is 2.17. The van der Waals surface area contributed by atoms with Crippen molar-refractivity contribution in [2.75, 3.05) is 12.5 Å². The number of hydrogen-bond acceptors (Lipinski definition) is 8. The summed E-state index contributed by atoms with van der Waals surface area (Å²) in [5.74, 6) is 0. The maximum atomic E-state index is 12.7. The van der Waals surface area contributed by atoms with Crippen LogP contribution < -0.4 is 11.1 Å². The van der Waals surface area contributed by atoms with Crippen molar-refractivity contribution < 1.29 is 0 Å². The summed E-state index contributed by atoms with van der Waals surface area (Å²) in [5.41, 5.74) is 1.06. The van der Waals surface area contributed by atoms with E-state index >= 15 is 0 Å². The molecule has 4 aromatic rings. The third kappa shape index (κ3) is 3.67. The maximum Gasteiger partial charge on any atom is 0.265 e. The highest BCUT2D eigenvalue weighted by atomic mass is 32.2. The van der Waals surface area contributed by atoms with Gasteiger partial charge in [-0.05, 0) is 32.8 Å². The molecule has 0 radical (unpaired) electrons. The van der Waals surface area contributed by atoms with Gasteiger partial charge in [-0.25, -0.2) is 19.3 Å². The quantitative estimate of drug-likeness (QED) is 0.291. The Morgan fingerprint density at radius 1 is 0.774 bits per heavy atom. The number of aryl methyl sites for hydroxylation is 2. The number of fused-ring (bicyclic) bond motifs is 2. The summed E-state index contributed by atoms with van der Waals surface area (Å²) in [6.45, 7) is 6.14. The average molecular weight is 461 g/mol. The van der Waals surface area contributed by atoms with Gasteiger partial charge < -0.3 is 0 Å². The Morgan fingerprint density at radius 2 is 1.19 bits per heavy atom. The lowest BCUT2D eigenvalue weighted by molar-refractivity contribution is 0.510. The molecule has 4 aromatic heterocycles. The Labute approximate surface area is 186 Å². The molecule has 4 heterocycles. The first-order valence-electron chi connectivity index (χ1n) is 10.0. The molecular formula is C19H24N8O2S2. The smallest absolute Gasteiger partial charge is 0.265 e. The van der Waals surface area contributed by atoms with Gasteiger partial charge in [0.2, 0.25) is 0 Å². The number of aromatic nitrogens is 8. The Kier molecular flexibility index (Phi) is 6.19. The molecule has 4 rings (SSSR count). The van der Waals surface area contributed by atoms with E-state index in [1.165, 1.54) is 23.5 Å². The highest BCUT2D eigenvalue weighted by molar-refractivity contribution is 7.98.